The number of benzene rings is 3. The van der Waals surface area contributed by atoms with Crippen molar-refractivity contribution < 1.29 is 9.90 Å². The highest BCUT2D eigenvalue weighted by Crippen LogP contribution is 2.34. The molecule has 3 heterocycles. The van der Waals surface area contributed by atoms with Crippen molar-refractivity contribution in [2.24, 2.45) is 7.05 Å². The lowest BCUT2D eigenvalue weighted by Crippen LogP contribution is -2.38. The van der Waals surface area contributed by atoms with Crippen molar-refractivity contribution in [3.05, 3.63) is 99.0 Å². The predicted molar refractivity (Wildman–Crippen MR) is 162 cm³/mol. The fraction of sp³-hybridized carbons (Fsp3) is 0.281. The van der Waals surface area contributed by atoms with Gasteiger partial charge in [-0.05, 0) is 72.5 Å². The third kappa shape index (κ3) is 4.98. The number of hydrogen-bond donors (Lipinski definition) is 3. The molecule has 210 valence electrons. The summed E-state index contributed by atoms with van der Waals surface area (Å²) in [4.78, 5) is 35.2. The minimum Gasteiger partial charge on any atom is -0.392 e. The molecule has 0 radical (unpaired) electrons. The molecule has 0 fully saturated rings. The Morgan fingerprint density at radius 1 is 1.00 bits per heavy atom. The van der Waals surface area contributed by atoms with Gasteiger partial charge >= 0.3 is 0 Å². The molecule has 3 N–H and O–H groups in total. The summed E-state index contributed by atoms with van der Waals surface area (Å²) in [7, 11) is 5.65. The predicted octanol–water partition coefficient (Wildman–Crippen LogP) is 3.60. The number of carbonyl (C=O) groups excluding carboxylic acids is 1. The number of nitrogens with one attached hydrogen (secondary N) is 2. The fourth-order valence-corrected chi connectivity index (χ4v) is 5.73. The Bertz CT molecular complexity index is 1710. The Kier molecular flexibility index (Phi) is 7.07. The quantitative estimate of drug-likeness (QED) is 0.337. The Hall–Kier alpha value is -4.47. The number of amides is 1. The normalized spacial score (nSPS) is 14.4. The van der Waals surface area contributed by atoms with E-state index < -0.39 is 0 Å². The van der Waals surface area contributed by atoms with Crippen molar-refractivity contribution in [3.8, 4) is 11.3 Å². The topological polar surface area (TPSA) is 103 Å². The molecule has 0 bridgehead atoms. The van der Waals surface area contributed by atoms with Gasteiger partial charge in [0.2, 0.25) is 0 Å². The molecule has 0 saturated heterocycles. The molecule has 6 rings (SSSR count). The van der Waals surface area contributed by atoms with Crippen molar-refractivity contribution in [1.29, 1.82) is 0 Å². The monoisotopic (exact) mass is 550 g/mol. The summed E-state index contributed by atoms with van der Waals surface area (Å²) in [5.74, 6) is 0.101. The van der Waals surface area contributed by atoms with Gasteiger partial charge in [0.15, 0.2) is 5.82 Å². The van der Waals surface area contributed by atoms with Crippen LogP contribution in [0.4, 0.5) is 22.9 Å². The standard InChI is InChI=1S/C32H34N6O3/c1-36(2)24-9-10-25-21(16-24)12-14-38(31(25)40)29-6-4-5-26(27(29)19-39)28-18-37(3)32(41)30(35-28)34-23-8-7-20-11-13-33-17-22(20)15-23/h4-10,15-16,18,33,39H,11-14,17,19H2,1-3H3,(H,34,35). The molecule has 1 aromatic heterocycles. The second kappa shape index (κ2) is 10.8. The van der Waals surface area contributed by atoms with Gasteiger partial charge in [-0.1, -0.05) is 18.2 Å². The third-order valence-corrected chi connectivity index (χ3v) is 7.99. The van der Waals surface area contributed by atoms with Crippen LogP contribution in [0, 0.1) is 0 Å². The largest absolute Gasteiger partial charge is 0.392 e. The minimum atomic E-state index is -0.285. The smallest absolute Gasteiger partial charge is 0.293 e. The highest BCUT2D eigenvalue weighted by molar-refractivity contribution is 6.09. The van der Waals surface area contributed by atoms with Gasteiger partial charge in [0, 0.05) is 68.5 Å². The number of anilines is 4. The van der Waals surface area contributed by atoms with Crippen LogP contribution < -0.4 is 26.0 Å². The lowest BCUT2D eigenvalue weighted by Gasteiger charge is -2.31. The highest BCUT2D eigenvalue weighted by atomic mass is 16.3. The number of aliphatic hydroxyl groups excluding tert-OH is 1. The molecule has 0 saturated carbocycles. The summed E-state index contributed by atoms with van der Waals surface area (Å²) >= 11 is 0. The van der Waals surface area contributed by atoms with E-state index in [0.717, 1.165) is 36.4 Å². The Balaban J connectivity index is 1.36. The molecular weight excluding hydrogens is 516 g/mol. The average Bonchev–Trinajstić information content (AvgIpc) is 2.99. The molecule has 2 aliphatic heterocycles. The molecule has 3 aromatic carbocycles. The van der Waals surface area contributed by atoms with E-state index in [0.29, 0.717) is 41.0 Å². The van der Waals surface area contributed by atoms with E-state index in [4.69, 9.17) is 4.98 Å². The summed E-state index contributed by atoms with van der Waals surface area (Å²) in [5, 5.41) is 17.1. The first-order valence-corrected chi connectivity index (χ1v) is 13.9. The van der Waals surface area contributed by atoms with Crippen LogP contribution in [0.3, 0.4) is 0 Å². The summed E-state index contributed by atoms with van der Waals surface area (Å²) in [6.45, 7) is 1.97. The Morgan fingerprint density at radius 3 is 2.66 bits per heavy atom. The first-order valence-electron chi connectivity index (χ1n) is 13.9. The number of nitrogens with zero attached hydrogens (tertiary/aromatic N) is 4. The van der Waals surface area contributed by atoms with Gasteiger partial charge in [-0.2, -0.15) is 0 Å². The van der Waals surface area contributed by atoms with E-state index in [1.165, 1.54) is 15.7 Å². The fourth-order valence-electron chi connectivity index (χ4n) is 5.73. The van der Waals surface area contributed by atoms with Crippen LogP contribution in [0.15, 0.2) is 65.6 Å². The van der Waals surface area contributed by atoms with E-state index in [2.05, 4.69) is 28.8 Å². The van der Waals surface area contributed by atoms with Crippen molar-refractivity contribution in [2.45, 2.75) is 26.0 Å². The molecule has 9 heteroatoms. The van der Waals surface area contributed by atoms with Gasteiger partial charge in [-0.25, -0.2) is 4.98 Å². The summed E-state index contributed by atoms with van der Waals surface area (Å²) < 4.78 is 1.49. The van der Waals surface area contributed by atoms with Crippen LogP contribution in [-0.4, -0.2) is 47.7 Å². The number of aromatic nitrogens is 2. The summed E-state index contributed by atoms with van der Waals surface area (Å²) in [6, 6.07) is 17.6. The van der Waals surface area contributed by atoms with Gasteiger partial charge in [-0.3, -0.25) is 9.59 Å². The van der Waals surface area contributed by atoms with Gasteiger partial charge < -0.3 is 30.1 Å². The zero-order valence-corrected chi connectivity index (χ0v) is 23.6. The second-order valence-electron chi connectivity index (χ2n) is 10.8. The van der Waals surface area contributed by atoms with Crippen molar-refractivity contribution >= 4 is 28.8 Å². The van der Waals surface area contributed by atoms with Gasteiger partial charge in [0.05, 0.1) is 18.0 Å². The molecule has 0 spiro atoms. The third-order valence-electron chi connectivity index (χ3n) is 7.99. The minimum absolute atomic E-state index is 0.0962. The SMILES string of the molecule is CN(C)c1ccc2c(c1)CCN(c1cccc(-c3cn(C)c(=O)c(Nc4ccc5c(c4)CNCC5)n3)c1CO)C2=O. The van der Waals surface area contributed by atoms with Crippen molar-refractivity contribution in [2.75, 3.05) is 42.3 Å². The number of rotatable bonds is 6. The number of fused-ring (bicyclic) bond motifs is 2. The number of carbonyl (C=O) groups is 1. The van der Waals surface area contributed by atoms with Gasteiger partial charge in [0.25, 0.3) is 11.5 Å². The molecule has 4 aromatic rings. The van der Waals surface area contributed by atoms with Crippen LogP contribution in [0.2, 0.25) is 0 Å². The van der Waals surface area contributed by atoms with E-state index >= 15 is 0 Å². The maximum absolute atomic E-state index is 13.6. The van der Waals surface area contributed by atoms with Crippen molar-refractivity contribution in [3.63, 3.8) is 0 Å². The maximum Gasteiger partial charge on any atom is 0.293 e. The van der Waals surface area contributed by atoms with Gasteiger partial charge in [0.1, 0.15) is 0 Å². The zero-order valence-electron chi connectivity index (χ0n) is 23.6. The zero-order chi connectivity index (χ0) is 28.7. The van der Waals surface area contributed by atoms with E-state index in [-0.39, 0.29) is 23.9 Å². The second-order valence-corrected chi connectivity index (χ2v) is 10.8. The van der Waals surface area contributed by atoms with E-state index in [1.807, 2.05) is 55.4 Å². The Labute approximate surface area is 239 Å². The molecular formula is C32H34N6O3. The molecule has 0 unspecified atom stereocenters. The Morgan fingerprint density at radius 2 is 1.85 bits per heavy atom. The van der Waals surface area contributed by atoms with Crippen LogP contribution in [0.1, 0.15) is 32.6 Å². The molecule has 0 aliphatic carbocycles. The summed E-state index contributed by atoms with van der Waals surface area (Å²) in [5.41, 5.74) is 8.22. The number of hydrogen-bond acceptors (Lipinski definition) is 7. The van der Waals surface area contributed by atoms with E-state index in [9.17, 15) is 14.7 Å². The van der Waals surface area contributed by atoms with Crippen LogP contribution in [-0.2, 0) is 33.0 Å². The average molecular weight is 551 g/mol. The summed E-state index contributed by atoms with van der Waals surface area (Å²) in [6.07, 6.45) is 3.35. The maximum atomic E-state index is 13.6. The number of aliphatic hydroxyl groups is 1. The highest BCUT2D eigenvalue weighted by Gasteiger charge is 2.28. The first kappa shape index (κ1) is 26.7. The molecule has 1 amide bonds. The van der Waals surface area contributed by atoms with Crippen LogP contribution >= 0.6 is 0 Å². The first-order chi connectivity index (χ1) is 19.8. The van der Waals surface area contributed by atoms with Crippen molar-refractivity contribution in [1.82, 2.24) is 14.9 Å². The lowest BCUT2D eigenvalue weighted by molar-refractivity contribution is 0.0980. The van der Waals surface area contributed by atoms with E-state index in [1.54, 1.807) is 18.1 Å². The van der Waals surface area contributed by atoms with Gasteiger partial charge in [-0.15, -0.1) is 0 Å². The van der Waals surface area contributed by atoms with Crippen LogP contribution in [0.5, 0.6) is 0 Å². The lowest BCUT2D eigenvalue weighted by atomic mass is 9.95. The number of aryl methyl sites for hydroxylation is 1. The molecule has 9 nitrogen and oxygen atoms in total. The molecule has 0 atom stereocenters. The molecule has 41 heavy (non-hydrogen) atoms. The van der Waals surface area contributed by atoms with Crippen LogP contribution in [0.25, 0.3) is 11.3 Å². The molecule has 2 aliphatic rings.